The van der Waals surface area contributed by atoms with E-state index in [4.69, 9.17) is 0 Å². The van der Waals surface area contributed by atoms with E-state index >= 15 is 0 Å². The molecule has 1 aliphatic heterocycles. The molecule has 6 heteroatoms. The number of sulfonamides is 1. The van der Waals surface area contributed by atoms with Gasteiger partial charge in [-0.15, -0.1) is 0 Å². The minimum atomic E-state index is -3.57. The average molecular weight is 429 g/mol. The van der Waals surface area contributed by atoms with Crippen LogP contribution < -0.4 is 5.32 Å². The second kappa shape index (κ2) is 8.90. The molecule has 0 bridgehead atoms. The molecule has 0 radical (unpaired) electrons. The number of hydrogen-bond donors (Lipinski definition) is 1. The second-order valence-electron chi connectivity index (χ2n) is 8.66. The van der Waals surface area contributed by atoms with Gasteiger partial charge in [0.05, 0.1) is 4.90 Å². The van der Waals surface area contributed by atoms with E-state index in [1.165, 1.54) is 10.4 Å². The van der Waals surface area contributed by atoms with Gasteiger partial charge in [-0.2, -0.15) is 4.31 Å². The van der Waals surface area contributed by atoms with Crippen molar-refractivity contribution in [3.05, 3.63) is 58.7 Å². The third-order valence-corrected chi connectivity index (χ3v) is 7.66. The lowest BCUT2D eigenvalue weighted by atomic mass is 9.92. The second-order valence-corrected chi connectivity index (χ2v) is 10.6. The topological polar surface area (TPSA) is 66.5 Å². The van der Waals surface area contributed by atoms with E-state index in [1.54, 1.807) is 12.1 Å². The summed E-state index contributed by atoms with van der Waals surface area (Å²) in [5.74, 6) is 0.227. The van der Waals surface area contributed by atoms with Crippen molar-refractivity contribution in [2.45, 2.75) is 64.2 Å². The number of para-hydroxylation sites is 1. The standard InChI is InChI=1S/C24H32N2O3S/c1-16(2)20-9-8-10-21(17(3)4)23(20)25-24(27)22-15-19(12-11-18(22)5)30(28,29)26-13-6-7-14-26/h8-12,15-17H,6-7,13-14H2,1-5H3,(H,25,27). The highest BCUT2D eigenvalue weighted by atomic mass is 32.2. The van der Waals surface area contributed by atoms with E-state index in [-0.39, 0.29) is 22.6 Å². The van der Waals surface area contributed by atoms with Crippen molar-refractivity contribution in [1.82, 2.24) is 4.31 Å². The number of anilines is 1. The molecule has 1 amide bonds. The van der Waals surface area contributed by atoms with Crippen LogP contribution in [-0.4, -0.2) is 31.7 Å². The summed E-state index contributed by atoms with van der Waals surface area (Å²) in [6.45, 7) is 11.3. The summed E-state index contributed by atoms with van der Waals surface area (Å²) in [6, 6.07) is 10.9. The SMILES string of the molecule is Cc1ccc(S(=O)(=O)N2CCCC2)cc1C(=O)Nc1c(C(C)C)cccc1C(C)C. The largest absolute Gasteiger partial charge is 0.321 e. The quantitative estimate of drug-likeness (QED) is 0.681. The van der Waals surface area contributed by atoms with Crippen molar-refractivity contribution in [3.63, 3.8) is 0 Å². The lowest BCUT2D eigenvalue weighted by Crippen LogP contribution is -2.28. The number of carbonyl (C=O) groups is 1. The maximum atomic E-state index is 13.3. The third kappa shape index (κ3) is 4.44. The number of aryl methyl sites for hydroxylation is 1. The molecule has 0 spiro atoms. The summed E-state index contributed by atoms with van der Waals surface area (Å²) >= 11 is 0. The Morgan fingerprint density at radius 3 is 2.07 bits per heavy atom. The minimum Gasteiger partial charge on any atom is -0.321 e. The molecular formula is C24H32N2O3S. The van der Waals surface area contributed by atoms with Gasteiger partial charge in [-0.1, -0.05) is 52.0 Å². The summed E-state index contributed by atoms with van der Waals surface area (Å²) in [5.41, 5.74) is 4.13. The Labute approximate surface area is 180 Å². The van der Waals surface area contributed by atoms with E-state index in [9.17, 15) is 13.2 Å². The van der Waals surface area contributed by atoms with Gasteiger partial charge >= 0.3 is 0 Å². The maximum absolute atomic E-state index is 13.3. The van der Waals surface area contributed by atoms with Crippen LogP contribution in [0.3, 0.4) is 0 Å². The molecule has 0 saturated carbocycles. The summed E-state index contributed by atoms with van der Waals surface area (Å²) in [5, 5.41) is 3.10. The zero-order valence-electron chi connectivity index (χ0n) is 18.5. The number of benzene rings is 2. The van der Waals surface area contributed by atoms with Crippen LogP contribution in [0.1, 0.15) is 79.4 Å². The van der Waals surface area contributed by atoms with E-state index in [2.05, 4.69) is 33.0 Å². The normalized spacial score (nSPS) is 15.2. The highest BCUT2D eigenvalue weighted by Gasteiger charge is 2.28. The number of nitrogens with one attached hydrogen (secondary N) is 1. The molecular weight excluding hydrogens is 396 g/mol. The first-order chi connectivity index (χ1) is 14.1. The van der Waals surface area contributed by atoms with E-state index in [0.717, 1.165) is 35.2 Å². The van der Waals surface area contributed by atoms with Gasteiger partial charge in [0, 0.05) is 24.3 Å². The van der Waals surface area contributed by atoms with Crippen molar-refractivity contribution < 1.29 is 13.2 Å². The Hall–Kier alpha value is -2.18. The molecule has 3 rings (SSSR count). The lowest BCUT2D eigenvalue weighted by molar-refractivity contribution is 0.102. The fraction of sp³-hybridized carbons (Fsp3) is 0.458. The predicted molar refractivity (Wildman–Crippen MR) is 122 cm³/mol. The monoisotopic (exact) mass is 428 g/mol. The van der Waals surface area contributed by atoms with Crippen LogP contribution in [0.25, 0.3) is 0 Å². The molecule has 1 aliphatic rings. The molecule has 30 heavy (non-hydrogen) atoms. The van der Waals surface area contributed by atoms with Crippen LogP contribution in [0.5, 0.6) is 0 Å². The Bertz CT molecular complexity index is 1010. The number of rotatable bonds is 6. The third-order valence-electron chi connectivity index (χ3n) is 5.77. The molecule has 1 fully saturated rings. The minimum absolute atomic E-state index is 0.182. The van der Waals surface area contributed by atoms with Crippen LogP contribution in [0.15, 0.2) is 41.3 Å². The zero-order chi connectivity index (χ0) is 22.1. The smallest absolute Gasteiger partial charge is 0.255 e. The highest BCUT2D eigenvalue weighted by Crippen LogP contribution is 2.33. The molecule has 0 aromatic heterocycles. The van der Waals surface area contributed by atoms with Gasteiger partial charge < -0.3 is 5.32 Å². The van der Waals surface area contributed by atoms with Gasteiger partial charge in [-0.25, -0.2) is 8.42 Å². The van der Waals surface area contributed by atoms with E-state index in [0.29, 0.717) is 18.7 Å². The lowest BCUT2D eigenvalue weighted by Gasteiger charge is -2.21. The van der Waals surface area contributed by atoms with Crippen LogP contribution >= 0.6 is 0 Å². The molecule has 1 N–H and O–H groups in total. The van der Waals surface area contributed by atoms with Crippen molar-refractivity contribution in [2.24, 2.45) is 0 Å². The van der Waals surface area contributed by atoms with Crippen molar-refractivity contribution in [1.29, 1.82) is 0 Å². The maximum Gasteiger partial charge on any atom is 0.255 e. The van der Waals surface area contributed by atoms with Gasteiger partial charge in [0.15, 0.2) is 0 Å². The first-order valence-corrected chi connectivity index (χ1v) is 12.1. The number of nitrogens with zero attached hydrogens (tertiary/aromatic N) is 1. The Balaban J connectivity index is 1.99. The summed E-state index contributed by atoms with van der Waals surface area (Å²) in [4.78, 5) is 13.4. The molecule has 0 aliphatic carbocycles. The molecule has 5 nitrogen and oxygen atoms in total. The average Bonchev–Trinajstić information content (AvgIpc) is 3.23. The fourth-order valence-electron chi connectivity index (χ4n) is 3.96. The first-order valence-electron chi connectivity index (χ1n) is 10.7. The van der Waals surface area contributed by atoms with Crippen molar-refractivity contribution in [2.75, 3.05) is 18.4 Å². The number of hydrogen-bond acceptors (Lipinski definition) is 3. The van der Waals surface area contributed by atoms with Gasteiger partial charge in [0.2, 0.25) is 10.0 Å². The number of amides is 1. The molecule has 162 valence electrons. The summed E-state index contributed by atoms with van der Waals surface area (Å²) in [6.07, 6.45) is 1.75. The summed E-state index contributed by atoms with van der Waals surface area (Å²) in [7, 11) is -3.57. The van der Waals surface area contributed by atoms with E-state index < -0.39 is 10.0 Å². The Morgan fingerprint density at radius 1 is 0.967 bits per heavy atom. The van der Waals surface area contributed by atoms with Crippen molar-refractivity contribution in [3.8, 4) is 0 Å². The molecule has 2 aromatic carbocycles. The zero-order valence-corrected chi connectivity index (χ0v) is 19.3. The molecule has 1 heterocycles. The highest BCUT2D eigenvalue weighted by molar-refractivity contribution is 7.89. The number of carbonyl (C=O) groups excluding carboxylic acids is 1. The van der Waals surface area contributed by atoms with Crippen LogP contribution in [0.2, 0.25) is 0 Å². The Kier molecular flexibility index (Phi) is 6.68. The molecule has 0 unspecified atom stereocenters. The first kappa shape index (κ1) is 22.5. The van der Waals surface area contributed by atoms with Gasteiger partial charge in [-0.05, 0) is 60.4 Å². The molecule has 2 aromatic rings. The van der Waals surface area contributed by atoms with Gasteiger partial charge in [-0.3, -0.25) is 4.79 Å². The summed E-state index contributed by atoms with van der Waals surface area (Å²) < 4.78 is 27.4. The fourth-order valence-corrected chi connectivity index (χ4v) is 5.50. The van der Waals surface area contributed by atoms with Gasteiger partial charge in [0.1, 0.15) is 0 Å². The van der Waals surface area contributed by atoms with Gasteiger partial charge in [0.25, 0.3) is 5.91 Å². The van der Waals surface area contributed by atoms with Crippen LogP contribution in [-0.2, 0) is 10.0 Å². The molecule has 1 saturated heterocycles. The van der Waals surface area contributed by atoms with Crippen LogP contribution in [0, 0.1) is 6.92 Å². The van der Waals surface area contributed by atoms with E-state index in [1.807, 2.05) is 25.1 Å². The van der Waals surface area contributed by atoms with Crippen LogP contribution in [0.4, 0.5) is 5.69 Å². The predicted octanol–water partition coefficient (Wildman–Crippen LogP) is 5.28. The Morgan fingerprint density at radius 2 is 1.53 bits per heavy atom. The van der Waals surface area contributed by atoms with Crippen molar-refractivity contribution >= 4 is 21.6 Å². The molecule has 0 atom stereocenters.